The quantitative estimate of drug-likeness (QED) is 0.541. The lowest BCUT2D eigenvalue weighted by Gasteiger charge is -2.18. The monoisotopic (exact) mass is 483 g/mol. The summed E-state index contributed by atoms with van der Waals surface area (Å²) in [5, 5.41) is 0. The van der Waals surface area contributed by atoms with Crippen molar-refractivity contribution in [3.8, 4) is 0 Å². The van der Waals surface area contributed by atoms with Gasteiger partial charge in [0.25, 0.3) is 0 Å². The topological polar surface area (TPSA) is 88.9 Å². The van der Waals surface area contributed by atoms with Gasteiger partial charge in [0.15, 0.2) is 5.65 Å². The summed E-state index contributed by atoms with van der Waals surface area (Å²) < 4.78 is 3.35. The molecule has 0 radical (unpaired) electrons. The zero-order chi connectivity index (χ0) is 22.1. The van der Waals surface area contributed by atoms with E-state index in [-0.39, 0.29) is 24.3 Å². The molecule has 31 heavy (non-hydrogen) atoms. The molecule has 0 saturated heterocycles. The number of benzene rings is 1. The standard InChI is InChI=1S/C23H26BrN5O2/c1-4-19-26-22-13(3)10-16(12-21(31)28-27-20(30)5-2)25-23(22)29(19)18-9-6-14-11-15(24)7-8-17(14)18/h7-8,10-11,18H,4-6,9,12H2,1-3H3,(H,27,30)(H,28,31)/t18-/m0/s1. The molecule has 4 rings (SSSR count). The summed E-state index contributed by atoms with van der Waals surface area (Å²) >= 11 is 3.57. The molecular weight excluding hydrogens is 458 g/mol. The summed E-state index contributed by atoms with van der Waals surface area (Å²) in [5.74, 6) is 0.471. The second-order valence-electron chi connectivity index (χ2n) is 7.88. The van der Waals surface area contributed by atoms with E-state index in [1.807, 2.05) is 13.0 Å². The van der Waals surface area contributed by atoms with Crippen molar-refractivity contribution in [2.24, 2.45) is 0 Å². The Balaban J connectivity index is 1.71. The average molecular weight is 484 g/mol. The van der Waals surface area contributed by atoms with Crippen LogP contribution in [0.25, 0.3) is 11.2 Å². The van der Waals surface area contributed by atoms with Crippen molar-refractivity contribution in [3.05, 3.63) is 56.9 Å². The Bertz CT molecular complexity index is 1170. The van der Waals surface area contributed by atoms with Crippen LogP contribution in [0.3, 0.4) is 0 Å². The summed E-state index contributed by atoms with van der Waals surface area (Å²) in [4.78, 5) is 33.4. The first-order valence-corrected chi connectivity index (χ1v) is 11.4. The maximum absolute atomic E-state index is 12.3. The molecule has 2 amide bonds. The molecule has 1 aliphatic rings. The zero-order valence-corrected chi connectivity index (χ0v) is 19.5. The normalized spacial score (nSPS) is 15.2. The minimum Gasteiger partial charge on any atom is -0.305 e. The van der Waals surface area contributed by atoms with Gasteiger partial charge in [0.2, 0.25) is 11.8 Å². The van der Waals surface area contributed by atoms with E-state index in [0.29, 0.717) is 12.1 Å². The van der Waals surface area contributed by atoms with E-state index in [1.165, 1.54) is 11.1 Å². The highest BCUT2D eigenvalue weighted by molar-refractivity contribution is 9.10. The Morgan fingerprint density at radius 1 is 1.16 bits per heavy atom. The fourth-order valence-electron chi connectivity index (χ4n) is 4.26. The molecule has 0 bridgehead atoms. The minimum absolute atomic E-state index is 0.0849. The lowest BCUT2D eigenvalue weighted by Crippen LogP contribution is -2.42. The Kier molecular flexibility index (Phi) is 6.09. The maximum Gasteiger partial charge on any atom is 0.244 e. The van der Waals surface area contributed by atoms with Crippen molar-refractivity contribution >= 4 is 38.9 Å². The highest BCUT2D eigenvalue weighted by Crippen LogP contribution is 2.38. The van der Waals surface area contributed by atoms with Crippen LogP contribution in [0.15, 0.2) is 28.7 Å². The number of nitrogens with zero attached hydrogens (tertiary/aromatic N) is 3. The van der Waals surface area contributed by atoms with Crippen molar-refractivity contribution in [2.45, 2.75) is 58.9 Å². The van der Waals surface area contributed by atoms with Crippen LogP contribution < -0.4 is 10.9 Å². The third-order valence-corrected chi connectivity index (χ3v) is 6.24. The maximum atomic E-state index is 12.3. The summed E-state index contributed by atoms with van der Waals surface area (Å²) in [7, 11) is 0. The summed E-state index contributed by atoms with van der Waals surface area (Å²) in [5.41, 5.74) is 10.9. The minimum atomic E-state index is -0.300. The number of aryl methyl sites for hydroxylation is 3. The largest absolute Gasteiger partial charge is 0.305 e. The van der Waals surface area contributed by atoms with Crippen LogP contribution in [0.4, 0.5) is 0 Å². The van der Waals surface area contributed by atoms with Crippen molar-refractivity contribution < 1.29 is 9.59 Å². The summed E-state index contributed by atoms with van der Waals surface area (Å²) in [6.07, 6.45) is 3.21. The van der Waals surface area contributed by atoms with Crippen molar-refractivity contribution in [2.75, 3.05) is 0 Å². The van der Waals surface area contributed by atoms with Gasteiger partial charge in [0.1, 0.15) is 11.3 Å². The van der Waals surface area contributed by atoms with Crippen molar-refractivity contribution in [1.29, 1.82) is 0 Å². The average Bonchev–Trinajstić information content (AvgIpc) is 3.32. The van der Waals surface area contributed by atoms with Gasteiger partial charge in [-0.15, -0.1) is 0 Å². The van der Waals surface area contributed by atoms with E-state index in [1.54, 1.807) is 6.92 Å². The lowest BCUT2D eigenvalue weighted by atomic mass is 10.1. The zero-order valence-electron chi connectivity index (χ0n) is 18.0. The third kappa shape index (κ3) is 4.21. The number of carbonyl (C=O) groups is 2. The molecule has 162 valence electrons. The Labute approximate surface area is 189 Å². The molecule has 0 aliphatic heterocycles. The molecule has 0 fully saturated rings. The van der Waals surface area contributed by atoms with E-state index >= 15 is 0 Å². The molecule has 0 saturated carbocycles. The van der Waals surface area contributed by atoms with Gasteiger partial charge in [-0.1, -0.05) is 35.8 Å². The first-order valence-electron chi connectivity index (χ1n) is 10.6. The van der Waals surface area contributed by atoms with E-state index < -0.39 is 0 Å². The number of hydrogen-bond acceptors (Lipinski definition) is 4. The molecule has 0 spiro atoms. The fourth-order valence-corrected chi connectivity index (χ4v) is 4.67. The third-order valence-electron chi connectivity index (χ3n) is 5.75. The van der Waals surface area contributed by atoms with E-state index in [0.717, 1.165) is 46.3 Å². The number of halogens is 1. The smallest absolute Gasteiger partial charge is 0.244 e. The molecule has 0 unspecified atom stereocenters. The number of amides is 2. The highest BCUT2D eigenvalue weighted by atomic mass is 79.9. The predicted molar refractivity (Wildman–Crippen MR) is 123 cm³/mol. The number of hydrogen-bond donors (Lipinski definition) is 2. The molecule has 2 aromatic heterocycles. The Hall–Kier alpha value is -2.74. The van der Waals surface area contributed by atoms with Gasteiger partial charge in [0, 0.05) is 17.3 Å². The van der Waals surface area contributed by atoms with Gasteiger partial charge in [-0.2, -0.15) is 0 Å². The van der Waals surface area contributed by atoms with Gasteiger partial charge in [-0.3, -0.25) is 20.4 Å². The SMILES string of the molecule is CCC(=O)NNC(=O)Cc1cc(C)c2nc(CC)n([C@H]3CCc4cc(Br)ccc43)c2n1. The van der Waals surface area contributed by atoms with Crippen LogP contribution in [0.5, 0.6) is 0 Å². The van der Waals surface area contributed by atoms with Crippen LogP contribution in [-0.4, -0.2) is 26.3 Å². The van der Waals surface area contributed by atoms with E-state index in [2.05, 4.69) is 56.5 Å². The van der Waals surface area contributed by atoms with Gasteiger partial charge < -0.3 is 4.57 Å². The van der Waals surface area contributed by atoms with Crippen LogP contribution in [-0.2, 0) is 28.9 Å². The first-order chi connectivity index (χ1) is 14.9. The summed E-state index contributed by atoms with van der Waals surface area (Å²) in [6.45, 7) is 5.84. The molecular formula is C23H26BrN5O2. The number of fused-ring (bicyclic) bond motifs is 2. The lowest BCUT2D eigenvalue weighted by molar-refractivity contribution is -0.128. The molecule has 2 heterocycles. The number of pyridine rings is 1. The molecule has 3 aromatic rings. The van der Waals surface area contributed by atoms with Crippen LogP contribution >= 0.6 is 15.9 Å². The number of rotatable bonds is 5. The molecule has 2 N–H and O–H groups in total. The van der Waals surface area contributed by atoms with Crippen LogP contribution in [0.2, 0.25) is 0 Å². The second-order valence-corrected chi connectivity index (χ2v) is 8.79. The number of nitrogens with one attached hydrogen (secondary N) is 2. The molecule has 1 atom stereocenters. The van der Waals surface area contributed by atoms with E-state index in [9.17, 15) is 9.59 Å². The Morgan fingerprint density at radius 2 is 1.94 bits per heavy atom. The second kappa shape index (κ2) is 8.78. The molecule has 1 aliphatic carbocycles. The highest BCUT2D eigenvalue weighted by Gasteiger charge is 2.28. The van der Waals surface area contributed by atoms with Crippen molar-refractivity contribution in [3.63, 3.8) is 0 Å². The molecule has 8 heteroatoms. The van der Waals surface area contributed by atoms with Crippen LogP contribution in [0, 0.1) is 6.92 Å². The predicted octanol–water partition coefficient (Wildman–Crippen LogP) is 3.70. The summed E-state index contributed by atoms with van der Waals surface area (Å²) in [6, 6.07) is 8.55. The van der Waals surface area contributed by atoms with Crippen LogP contribution in [0.1, 0.15) is 60.9 Å². The molecule has 1 aromatic carbocycles. The van der Waals surface area contributed by atoms with Gasteiger partial charge in [-0.05, 0) is 54.7 Å². The molecule has 7 nitrogen and oxygen atoms in total. The van der Waals surface area contributed by atoms with Crippen molar-refractivity contribution in [1.82, 2.24) is 25.4 Å². The number of imidazole rings is 1. The van der Waals surface area contributed by atoms with Gasteiger partial charge in [0.05, 0.1) is 18.2 Å². The Morgan fingerprint density at radius 3 is 2.68 bits per heavy atom. The number of aromatic nitrogens is 3. The number of carbonyl (C=O) groups excluding carboxylic acids is 2. The fraction of sp³-hybridized carbons (Fsp3) is 0.391. The van der Waals surface area contributed by atoms with Gasteiger partial charge in [-0.25, -0.2) is 9.97 Å². The number of hydrazine groups is 1. The van der Waals surface area contributed by atoms with Gasteiger partial charge >= 0.3 is 0 Å². The first kappa shape index (κ1) is 21.5. The van der Waals surface area contributed by atoms with E-state index in [4.69, 9.17) is 9.97 Å².